The van der Waals surface area contributed by atoms with Gasteiger partial charge in [-0.15, -0.1) is 11.8 Å². The molecule has 0 aliphatic heterocycles. The lowest BCUT2D eigenvalue weighted by molar-refractivity contribution is 1.41. The summed E-state index contributed by atoms with van der Waals surface area (Å²) in [5.41, 5.74) is 1.40. The van der Waals surface area contributed by atoms with Crippen LogP contribution >= 0.6 is 11.8 Å². The summed E-state index contributed by atoms with van der Waals surface area (Å²) in [7, 11) is 0. The molecular formula is C21H16S. The van der Waals surface area contributed by atoms with Gasteiger partial charge in [-0.1, -0.05) is 60.7 Å². The number of hydrogen-bond acceptors (Lipinski definition) is 1. The van der Waals surface area contributed by atoms with Gasteiger partial charge in [0.15, 0.2) is 0 Å². The lowest BCUT2D eigenvalue weighted by Crippen LogP contribution is -1.85. The normalized spacial score (nSPS) is 11.1. The highest BCUT2D eigenvalue weighted by Crippen LogP contribution is 2.30. The van der Waals surface area contributed by atoms with Crippen LogP contribution in [0.4, 0.5) is 0 Å². The van der Waals surface area contributed by atoms with Gasteiger partial charge in [0.05, 0.1) is 0 Å². The second-order valence-corrected chi connectivity index (χ2v) is 6.49. The molecule has 0 radical (unpaired) electrons. The largest absolute Gasteiger partial charge is 0.121 e. The number of hydrogen-bond donors (Lipinski definition) is 0. The van der Waals surface area contributed by atoms with Gasteiger partial charge in [0, 0.05) is 10.6 Å². The third kappa shape index (κ3) is 2.60. The average Bonchev–Trinajstić information content (AvgIpc) is 2.59. The third-order valence-corrected chi connectivity index (χ3v) is 5.04. The van der Waals surface area contributed by atoms with Crippen LogP contribution in [-0.2, 0) is 5.75 Å². The number of fused-ring (bicyclic) bond motifs is 2. The van der Waals surface area contributed by atoms with E-state index >= 15 is 0 Å². The van der Waals surface area contributed by atoms with Gasteiger partial charge in [0.25, 0.3) is 0 Å². The van der Waals surface area contributed by atoms with Crippen molar-refractivity contribution in [1.29, 1.82) is 0 Å². The fourth-order valence-electron chi connectivity index (χ4n) is 2.84. The van der Waals surface area contributed by atoms with Crippen LogP contribution in [0.2, 0.25) is 0 Å². The first-order valence-electron chi connectivity index (χ1n) is 7.48. The van der Waals surface area contributed by atoms with Gasteiger partial charge in [-0.05, 0) is 51.4 Å². The predicted octanol–water partition coefficient (Wildman–Crippen LogP) is 6.29. The molecule has 0 saturated carbocycles. The van der Waals surface area contributed by atoms with Crippen molar-refractivity contribution in [3.05, 3.63) is 90.5 Å². The summed E-state index contributed by atoms with van der Waals surface area (Å²) in [4.78, 5) is 1.32. The Bertz CT molecular complexity index is 926. The maximum Gasteiger partial charge on any atom is 0.0238 e. The van der Waals surface area contributed by atoms with Crippen molar-refractivity contribution >= 4 is 33.3 Å². The summed E-state index contributed by atoms with van der Waals surface area (Å²) in [5, 5.41) is 5.31. The minimum Gasteiger partial charge on any atom is -0.121 e. The van der Waals surface area contributed by atoms with Gasteiger partial charge >= 0.3 is 0 Å². The molecule has 4 aromatic rings. The molecule has 1 heteroatoms. The Balaban J connectivity index is 1.75. The number of rotatable bonds is 3. The Morgan fingerprint density at radius 2 is 1.27 bits per heavy atom. The van der Waals surface area contributed by atoms with Gasteiger partial charge in [-0.2, -0.15) is 0 Å². The van der Waals surface area contributed by atoms with Crippen molar-refractivity contribution in [2.75, 3.05) is 0 Å². The Hall–Kier alpha value is -2.25. The topological polar surface area (TPSA) is 0 Å². The Morgan fingerprint density at radius 3 is 2.09 bits per heavy atom. The van der Waals surface area contributed by atoms with Crippen LogP contribution in [0.25, 0.3) is 21.5 Å². The van der Waals surface area contributed by atoms with Gasteiger partial charge in [0.2, 0.25) is 0 Å². The molecule has 0 aromatic heterocycles. The molecule has 0 atom stereocenters. The molecule has 22 heavy (non-hydrogen) atoms. The summed E-state index contributed by atoms with van der Waals surface area (Å²) in [6, 6.07) is 30.4. The molecule has 4 aromatic carbocycles. The highest BCUT2D eigenvalue weighted by Gasteiger charge is 2.04. The monoisotopic (exact) mass is 300 g/mol. The van der Waals surface area contributed by atoms with Gasteiger partial charge in [0.1, 0.15) is 0 Å². The predicted molar refractivity (Wildman–Crippen MR) is 97.5 cm³/mol. The first-order chi connectivity index (χ1) is 10.9. The molecule has 0 saturated heterocycles. The van der Waals surface area contributed by atoms with Crippen LogP contribution in [0.5, 0.6) is 0 Å². The molecule has 0 nitrogen and oxygen atoms in total. The third-order valence-electron chi connectivity index (χ3n) is 3.97. The van der Waals surface area contributed by atoms with E-state index in [2.05, 4.69) is 84.9 Å². The maximum atomic E-state index is 2.32. The summed E-state index contributed by atoms with van der Waals surface area (Å²) in [5.74, 6) is 1.000. The molecule has 0 bridgehead atoms. The first-order valence-corrected chi connectivity index (χ1v) is 8.47. The van der Waals surface area contributed by atoms with E-state index in [0.717, 1.165) is 5.75 Å². The van der Waals surface area contributed by atoms with Crippen LogP contribution < -0.4 is 0 Å². The maximum absolute atomic E-state index is 2.32. The summed E-state index contributed by atoms with van der Waals surface area (Å²) in [6.45, 7) is 0. The van der Waals surface area contributed by atoms with Crippen LogP contribution in [0, 0.1) is 0 Å². The van der Waals surface area contributed by atoms with Crippen LogP contribution in [-0.4, -0.2) is 0 Å². The quantitative estimate of drug-likeness (QED) is 0.317. The van der Waals surface area contributed by atoms with Gasteiger partial charge < -0.3 is 0 Å². The van der Waals surface area contributed by atoms with Crippen LogP contribution in [0.1, 0.15) is 5.56 Å². The second-order valence-electron chi connectivity index (χ2n) is 5.44. The van der Waals surface area contributed by atoms with Crippen molar-refractivity contribution in [1.82, 2.24) is 0 Å². The lowest BCUT2D eigenvalue weighted by Gasteiger charge is -2.08. The SMILES string of the molecule is c1ccc(SCc2cccc3cc4ccccc4cc23)cc1. The number of benzene rings is 4. The Labute approximate surface area is 134 Å². The van der Waals surface area contributed by atoms with Crippen molar-refractivity contribution in [3.63, 3.8) is 0 Å². The van der Waals surface area contributed by atoms with Crippen molar-refractivity contribution in [2.45, 2.75) is 10.6 Å². The molecule has 0 fully saturated rings. The van der Waals surface area contributed by atoms with Crippen molar-refractivity contribution in [3.8, 4) is 0 Å². The van der Waals surface area contributed by atoms with E-state index in [9.17, 15) is 0 Å². The fourth-order valence-corrected chi connectivity index (χ4v) is 3.76. The fraction of sp³-hybridized carbons (Fsp3) is 0.0476. The molecule has 106 valence electrons. The Morgan fingerprint density at radius 1 is 0.591 bits per heavy atom. The van der Waals surface area contributed by atoms with E-state index in [-0.39, 0.29) is 0 Å². The van der Waals surface area contributed by atoms with Crippen molar-refractivity contribution < 1.29 is 0 Å². The summed E-state index contributed by atoms with van der Waals surface area (Å²) in [6.07, 6.45) is 0. The van der Waals surface area contributed by atoms with Crippen LogP contribution in [0.15, 0.2) is 89.8 Å². The molecule has 0 aliphatic carbocycles. The number of thioether (sulfide) groups is 1. The van der Waals surface area contributed by atoms with Gasteiger partial charge in [-0.25, -0.2) is 0 Å². The van der Waals surface area contributed by atoms with Gasteiger partial charge in [-0.3, -0.25) is 0 Å². The molecule has 0 unspecified atom stereocenters. The highest BCUT2D eigenvalue weighted by atomic mass is 32.2. The minimum absolute atomic E-state index is 1.000. The molecular weight excluding hydrogens is 284 g/mol. The molecule has 0 aliphatic rings. The van der Waals surface area contributed by atoms with E-state index in [0.29, 0.717) is 0 Å². The second kappa shape index (κ2) is 5.86. The van der Waals surface area contributed by atoms with E-state index < -0.39 is 0 Å². The lowest BCUT2D eigenvalue weighted by atomic mass is 10.0. The zero-order valence-electron chi connectivity index (χ0n) is 12.2. The standard InChI is InChI=1S/C21H16S/c1-2-11-20(12-3-1)22-15-19-10-6-9-18-13-16-7-4-5-8-17(16)14-21(18)19/h1-14H,15H2. The van der Waals surface area contributed by atoms with E-state index in [4.69, 9.17) is 0 Å². The molecule has 4 rings (SSSR count). The molecule has 0 N–H and O–H groups in total. The average molecular weight is 300 g/mol. The first kappa shape index (κ1) is 13.4. The molecule has 0 spiro atoms. The summed E-state index contributed by atoms with van der Waals surface area (Å²) >= 11 is 1.89. The van der Waals surface area contributed by atoms with E-state index in [1.54, 1.807) is 0 Å². The van der Waals surface area contributed by atoms with Crippen molar-refractivity contribution in [2.24, 2.45) is 0 Å². The zero-order chi connectivity index (χ0) is 14.8. The highest BCUT2D eigenvalue weighted by molar-refractivity contribution is 7.98. The minimum atomic E-state index is 1.000. The Kier molecular flexibility index (Phi) is 3.57. The summed E-state index contributed by atoms with van der Waals surface area (Å²) < 4.78 is 0. The molecule has 0 amide bonds. The van der Waals surface area contributed by atoms with Crippen LogP contribution in [0.3, 0.4) is 0 Å². The van der Waals surface area contributed by atoms with E-state index in [1.165, 1.54) is 32.0 Å². The zero-order valence-corrected chi connectivity index (χ0v) is 13.0. The smallest absolute Gasteiger partial charge is 0.0238 e. The van der Waals surface area contributed by atoms with E-state index in [1.807, 2.05) is 11.8 Å². The molecule has 0 heterocycles.